The Hall–Kier alpha value is -2.65. The van der Waals surface area contributed by atoms with E-state index in [9.17, 15) is 5.11 Å². The van der Waals surface area contributed by atoms with Gasteiger partial charge in [-0.1, -0.05) is 45.0 Å². The molecule has 0 aliphatic carbocycles. The predicted octanol–water partition coefficient (Wildman–Crippen LogP) is 5.54. The van der Waals surface area contributed by atoms with Crippen molar-refractivity contribution in [3.05, 3.63) is 89.7 Å². The van der Waals surface area contributed by atoms with Gasteiger partial charge < -0.3 is 9.84 Å². The van der Waals surface area contributed by atoms with Crippen molar-refractivity contribution in [3.63, 3.8) is 0 Å². The Morgan fingerprint density at radius 3 is 1.85 bits per heavy atom. The predicted molar refractivity (Wildman–Crippen MR) is 104 cm³/mol. The van der Waals surface area contributed by atoms with Crippen LogP contribution in [0.5, 0.6) is 11.5 Å². The third kappa shape index (κ3) is 4.93. The van der Waals surface area contributed by atoms with Gasteiger partial charge in [-0.05, 0) is 64.9 Å². The van der Waals surface area contributed by atoms with Crippen molar-refractivity contribution in [1.29, 1.82) is 0 Å². The number of rotatable bonds is 5. The van der Waals surface area contributed by atoms with Gasteiger partial charge in [0.05, 0.1) is 0 Å². The van der Waals surface area contributed by atoms with Crippen LogP contribution in [-0.4, -0.2) is 10.1 Å². The molecule has 0 fully saturated rings. The van der Waals surface area contributed by atoms with Gasteiger partial charge in [-0.25, -0.2) is 0 Å². The van der Waals surface area contributed by atoms with E-state index >= 15 is 0 Å². The van der Waals surface area contributed by atoms with Crippen LogP contribution in [0, 0.1) is 5.41 Å². The van der Waals surface area contributed by atoms with E-state index < -0.39 is 6.10 Å². The summed E-state index contributed by atoms with van der Waals surface area (Å²) in [6.07, 6.45) is 3.73. The summed E-state index contributed by atoms with van der Waals surface area (Å²) in [6.45, 7) is 6.71. The van der Waals surface area contributed by atoms with Crippen LogP contribution >= 0.6 is 0 Å². The average Bonchev–Trinajstić information content (AvgIpc) is 2.63. The molecule has 1 atom stereocenters. The van der Waals surface area contributed by atoms with Gasteiger partial charge in [0.25, 0.3) is 0 Å². The van der Waals surface area contributed by atoms with Crippen molar-refractivity contribution in [2.45, 2.75) is 33.3 Å². The van der Waals surface area contributed by atoms with Crippen molar-refractivity contribution in [3.8, 4) is 11.5 Å². The van der Waals surface area contributed by atoms with Gasteiger partial charge in [-0.3, -0.25) is 4.98 Å². The summed E-state index contributed by atoms with van der Waals surface area (Å²) in [5.41, 5.74) is 3.22. The second kappa shape index (κ2) is 7.71. The fourth-order valence-electron chi connectivity index (χ4n) is 2.88. The molecule has 3 rings (SSSR count). The monoisotopic (exact) mass is 347 g/mol. The summed E-state index contributed by atoms with van der Waals surface area (Å²) in [7, 11) is 0. The first-order valence-electron chi connectivity index (χ1n) is 8.85. The number of benzene rings is 2. The Labute approximate surface area is 155 Å². The lowest BCUT2D eigenvalue weighted by molar-refractivity contribution is 0.220. The molecular formula is C23H25NO2. The van der Waals surface area contributed by atoms with Crippen molar-refractivity contribution in [1.82, 2.24) is 4.98 Å². The van der Waals surface area contributed by atoms with Crippen LogP contribution in [0.25, 0.3) is 0 Å². The van der Waals surface area contributed by atoms with E-state index in [0.717, 1.165) is 29.0 Å². The molecule has 1 N–H and O–H groups in total. The molecule has 1 unspecified atom stereocenters. The van der Waals surface area contributed by atoms with E-state index in [1.807, 2.05) is 48.5 Å². The summed E-state index contributed by atoms with van der Waals surface area (Å²) >= 11 is 0. The highest BCUT2D eigenvalue weighted by Crippen LogP contribution is 2.27. The zero-order chi connectivity index (χ0) is 18.6. The molecule has 1 aromatic heterocycles. The van der Waals surface area contributed by atoms with E-state index in [2.05, 4.69) is 37.9 Å². The summed E-state index contributed by atoms with van der Waals surface area (Å²) in [6, 6.07) is 19.4. The van der Waals surface area contributed by atoms with Crippen LogP contribution in [0.4, 0.5) is 0 Å². The van der Waals surface area contributed by atoms with Gasteiger partial charge in [0.2, 0.25) is 0 Å². The maximum atomic E-state index is 10.4. The van der Waals surface area contributed by atoms with Crippen LogP contribution in [0.2, 0.25) is 0 Å². The van der Waals surface area contributed by atoms with Gasteiger partial charge in [0.1, 0.15) is 17.6 Å². The molecule has 3 aromatic rings. The Kier molecular flexibility index (Phi) is 5.38. The molecule has 3 heteroatoms. The number of aliphatic hydroxyl groups excluding tert-OH is 1. The quantitative estimate of drug-likeness (QED) is 0.658. The molecule has 0 bridgehead atoms. The third-order valence-electron chi connectivity index (χ3n) is 4.11. The second-order valence-corrected chi connectivity index (χ2v) is 7.74. The number of nitrogens with zero attached hydrogens (tertiary/aromatic N) is 1. The molecule has 0 saturated carbocycles. The highest BCUT2D eigenvalue weighted by molar-refractivity contribution is 5.37. The maximum absolute atomic E-state index is 10.4. The lowest BCUT2D eigenvalue weighted by Gasteiger charge is -2.18. The lowest BCUT2D eigenvalue weighted by Crippen LogP contribution is -2.08. The summed E-state index contributed by atoms with van der Waals surface area (Å²) in [5, 5.41) is 10.4. The van der Waals surface area contributed by atoms with Crippen LogP contribution in [0.15, 0.2) is 73.1 Å². The summed E-state index contributed by atoms with van der Waals surface area (Å²) < 4.78 is 5.91. The van der Waals surface area contributed by atoms with E-state index in [0.29, 0.717) is 0 Å². The Morgan fingerprint density at radius 1 is 0.808 bits per heavy atom. The van der Waals surface area contributed by atoms with E-state index in [1.165, 1.54) is 5.56 Å². The standard InChI is InChI=1S/C23H25NO2/c1-23(2,3)16-17-4-8-20(9-5-17)26-21-10-6-18(7-11-21)22(25)19-12-14-24-15-13-19/h4-15,22,25H,16H2,1-3H3. The minimum absolute atomic E-state index is 0.272. The Morgan fingerprint density at radius 2 is 1.31 bits per heavy atom. The molecule has 0 spiro atoms. The first-order chi connectivity index (χ1) is 12.4. The van der Waals surface area contributed by atoms with Crippen molar-refractivity contribution in [2.75, 3.05) is 0 Å². The van der Waals surface area contributed by atoms with Gasteiger partial charge in [-0.15, -0.1) is 0 Å². The van der Waals surface area contributed by atoms with Crippen molar-refractivity contribution >= 4 is 0 Å². The molecule has 134 valence electrons. The second-order valence-electron chi connectivity index (χ2n) is 7.74. The van der Waals surface area contributed by atoms with Crippen LogP contribution < -0.4 is 4.74 Å². The van der Waals surface area contributed by atoms with Crippen LogP contribution in [0.1, 0.15) is 43.6 Å². The fourth-order valence-corrected chi connectivity index (χ4v) is 2.88. The van der Waals surface area contributed by atoms with Crippen molar-refractivity contribution in [2.24, 2.45) is 5.41 Å². The van der Waals surface area contributed by atoms with Gasteiger partial charge in [-0.2, -0.15) is 0 Å². The molecule has 26 heavy (non-hydrogen) atoms. The molecule has 2 aromatic carbocycles. The molecule has 1 heterocycles. The largest absolute Gasteiger partial charge is 0.457 e. The smallest absolute Gasteiger partial charge is 0.127 e. The summed E-state index contributed by atoms with van der Waals surface area (Å²) in [4.78, 5) is 3.98. The molecule has 0 saturated heterocycles. The molecule has 3 nitrogen and oxygen atoms in total. The molecular weight excluding hydrogens is 322 g/mol. The Balaban J connectivity index is 1.66. The normalized spacial score (nSPS) is 12.6. The number of aliphatic hydroxyl groups is 1. The van der Waals surface area contributed by atoms with Gasteiger partial charge in [0.15, 0.2) is 0 Å². The average molecular weight is 347 g/mol. The van der Waals surface area contributed by atoms with Crippen molar-refractivity contribution < 1.29 is 9.84 Å². The van der Waals surface area contributed by atoms with E-state index in [1.54, 1.807) is 12.4 Å². The maximum Gasteiger partial charge on any atom is 0.127 e. The van der Waals surface area contributed by atoms with Gasteiger partial charge >= 0.3 is 0 Å². The van der Waals surface area contributed by atoms with Gasteiger partial charge in [0, 0.05) is 12.4 Å². The first-order valence-corrected chi connectivity index (χ1v) is 8.85. The SMILES string of the molecule is CC(C)(C)Cc1ccc(Oc2ccc(C(O)c3ccncc3)cc2)cc1. The van der Waals surface area contributed by atoms with E-state index in [4.69, 9.17) is 4.74 Å². The minimum Gasteiger partial charge on any atom is -0.457 e. The molecule has 0 aliphatic rings. The summed E-state index contributed by atoms with van der Waals surface area (Å²) in [5.74, 6) is 1.56. The minimum atomic E-state index is -0.663. The lowest BCUT2D eigenvalue weighted by atomic mass is 9.88. The number of hydrogen-bond acceptors (Lipinski definition) is 3. The highest BCUT2D eigenvalue weighted by atomic mass is 16.5. The molecule has 0 amide bonds. The van der Waals surface area contributed by atoms with Crippen LogP contribution in [0.3, 0.4) is 0 Å². The van der Waals surface area contributed by atoms with E-state index in [-0.39, 0.29) is 5.41 Å². The highest BCUT2D eigenvalue weighted by Gasteiger charge is 2.12. The molecule has 0 aliphatic heterocycles. The number of hydrogen-bond donors (Lipinski definition) is 1. The van der Waals surface area contributed by atoms with Crippen LogP contribution in [-0.2, 0) is 6.42 Å². The first kappa shape index (κ1) is 18.2. The topological polar surface area (TPSA) is 42.4 Å². The number of aromatic nitrogens is 1. The number of ether oxygens (including phenoxy) is 1. The fraction of sp³-hybridized carbons (Fsp3) is 0.261. The third-order valence-corrected chi connectivity index (χ3v) is 4.11. The molecule has 0 radical (unpaired) electrons. The zero-order valence-corrected chi connectivity index (χ0v) is 15.5. The zero-order valence-electron chi connectivity index (χ0n) is 15.5. The Bertz CT molecular complexity index is 819. The number of pyridine rings is 1.